The Balaban J connectivity index is 1.14. The van der Waals surface area contributed by atoms with Crippen LogP contribution in [0.5, 0.6) is 11.5 Å². The largest absolute Gasteiger partial charge is 0.459 e. The Bertz CT molecular complexity index is 1350. The van der Waals surface area contributed by atoms with Crippen LogP contribution in [0.2, 0.25) is 0 Å². The third kappa shape index (κ3) is 3.79. The minimum Gasteiger partial charge on any atom is -0.459 e. The zero-order valence-electron chi connectivity index (χ0n) is 16.9. The number of aromatic nitrogens is 4. The highest BCUT2D eigenvalue weighted by Crippen LogP contribution is 2.29. The van der Waals surface area contributed by atoms with Gasteiger partial charge in [0.15, 0.2) is 11.5 Å². The maximum atomic E-state index is 5.93. The Hall–Kier alpha value is -4.92. The molecule has 0 bridgehead atoms. The second-order valence-electron chi connectivity index (χ2n) is 6.93. The lowest BCUT2D eigenvalue weighted by Gasteiger charge is -2.06. The van der Waals surface area contributed by atoms with Gasteiger partial charge in [-0.05, 0) is 72.8 Å². The Morgan fingerprint density at radius 3 is 1.30 bits per heavy atom. The van der Waals surface area contributed by atoms with Gasteiger partial charge in [-0.3, -0.25) is 0 Å². The van der Waals surface area contributed by atoms with Crippen molar-refractivity contribution in [3.05, 3.63) is 85.3 Å². The summed E-state index contributed by atoms with van der Waals surface area (Å²) in [5.41, 5.74) is 1.54. The molecule has 4 heterocycles. The van der Waals surface area contributed by atoms with E-state index in [-0.39, 0.29) is 0 Å². The van der Waals surface area contributed by atoms with Crippen molar-refractivity contribution in [2.45, 2.75) is 0 Å². The van der Waals surface area contributed by atoms with Gasteiger partial charge in [0.05, 0.1) is 12.5 Å². The molecule has 0 aliphatic carbocycles. The van der Waals surface area contributed by atoms with Gasteiger partial charge in [-0.1, -0.05) is 0 Å². The zero-order chi connectivity index (χ0) is 22.0. The summed E-state index contributed by atoms with van der Waals surface area (Å²) in [6.07, 6.45) is 3.11. The molecule has 0 amide bonds. The molecule has 0 unspecified atom stereocenters. The smallest absolute Gasteiger partial charge is 0.283 e. The van der Waals surface area contributed by atoms with E-state index in [0.29, 0.717) is 46.6 Å². The van der Waals surface area contributed by atoms with Gasteiger partial charge in [-0.15, -0.1) is 20.4 Å². The van der Waals surface area contributed by atoms with Crippen molar-refractivity contribution < 1.29 is 22.4 Å². The van der Waals surface area contributed by atoms with E-state index in [1.807, 2.05) is 48.5 Å². The van der Waals surface area contributed by atoms with E-state index in [0.717, 1.165) is 11.1 Å². The molecule has 4 aromatic heterocycles. The average Bonchev–Trinajstić information content (AvgIpc) is 3.66. The van der Waals surface area contributed by atoms with E-state index < -0.39 is 0 Å². The SMILES string of the molecule is c1coc(-c2nnc(-c3ccc(Oc4ccc(-c5nnc(-c6ccco6)o5)cc4)cc3)o2)c1. The number of rotatable bonds is 6. The summed E-state index contributed by atoms with van der Waals surface area (Å²) in [6.45, 7) is 0. The van der Waals surface area contributed by atoms with E-state index in [1.165, 1.54) is 0 Å². The molecule has 0 radical (unpaired) electrons. The van der Waals surface area contributed by atoms with Crippen LogP contribution in [0.3, 0.4) is 0 Å². The van der Waals surface area contributed by atoms with E-state index >= 15 is 0 Å². The Kier molecular flexibility index (Phi) is 4.54. The minimum atomic E-state index is 0.327. The molecule has 33 heavy (non-hydrogen) atoms. The monoisotopic (exact) mass is 438 g/mol. The molecule has 0 N–H and O–H groups in total. The van der Waals surface area contributed by atoms with Gasteiger partial charge < -0.3 is 22.4 Å². The number of nitrogens with zero attached hydrogens (tertiary/aromatic N) is 4. The van der Waals surface area contributed by atoms with Crippen molar-refractivity contribution in [3.63, 3.8) is 0 Å². The van der Waals surface area contributed by atoms with Gasteiger partial charge >= 0.3 is 0 Å². The molecule has 9 nitrogen and oxygen atoms in total. The van der Waals surface area contributed by atoms with Crippen LogP contribution < -0.4 is 4.74 Å². The van der Waals surface area contributed by atoms with Crippen molar-refractivity contribution in [3.8, 4) is 57.7 Å². The standard InChI is InChI=1S/C24H14N4O5/c1-3-19(29-13-1)23-27-25-21(32-23)15-5-9-17(10-6-15)31-18-11-7-16(8-12-18)22-26-28-24(33-22)20-4-2-14-30-20/h1-14H. The number of hydrogen-bond acceptors (Lipinski definition) is 9. The highest BCUT2D eigenvalue weighted by Gasteiger charge is 2.14. The van der Waals surface area contributed by atoms with E-state index in [4.69, 9.17) is 22.4 Å². The molecule has 6 rings (SSSR count). The molecule has 0 atom stereocenters. The molecule has 160 valence electrons. The predicted molar refractivity (Wildman–Crippen MR) is 115 cm³/mol. The lowest BCUT2D eigenvalue weighted by molar-refractivity contribution is 0.482. The van der Waals surface area contributed by atoms with E-state index in [9.17, 15) is 0 Å². The summed E-state index contributed by atoms with van der Waals surface area (Å²) in [4.78, 5) is 0. The number of ether oxygens (including phenoxy) is 1. The van der Waals surface area contributed by atoms with Gasteiger partial charge in [0.1, 0.15) is 11.5 Å². The van der Waals surface area contributed by atoms with Crippen molar-refractivity contribution in [1.82, 2.24) is 20.4 Å². The highest BCUT2D eigenvalue weighted by atomic mass is 16.5. The first-order valence-corrected chi connectivity index (χ1v) is 9.95. The minimum absolute atomic E-state index is 0.327. The van der Waals surface area contributed by atoms with Gasteiger partial charge in [0.25, 0.3) is 11.8 Å². The maximum absolute atomic E-state index is 5.93. The number of benzene rings is 2. The van der Waals surface area contributed by atoms with Crippen LogP contribution in [-0.2, 0) is 0 Å². The summed E-state index contributed by atoms with van der Waals surface area (Å²) < 4.78 is 27.8. The summed E-state index contributed by atoms with van der Waals surface area (Å²) in [5, 5.41) is 16.2. The summed E-state index contributed by atoms with van der Waals surface area (Å²) in [6, 6.07) is 21.7. The Morgan fingerprint density at radius 1 is 0.485 bits per heavy atom. The Labute approximate surface area is 186 Å². The maximum Gasteiger partial charge on any atom is 0.283 e. The van der Waals surface area contributed by atoms with Crippen LogP contribution in [0.25, 0.3) is 46.2 Å². The quantitative estimate of drug-likeness (QED) is 0.304. The topological polar surface area (TPSA) is 113 Å². The molecule has 2 aromatic carbocycles. The molecule has 0 saturated heterocycles. The molecule has 0 fully saturated rings. The van der Waals surface area contributed by atoms with Crippen molar-refractivity contribution in [2.75, 3.05) is 0 Å². The number of hydrogen-bond donors (Lipinski definition) is 0. The van der Waals surface area contributed by atoms with E-state index in [2.05, 4.69) is 20.4 Å². The lowest BCUT2D eigenvalue weighted by Crippen LogP contribution is -1.85. The fourth-order valence-corrected chi connectivity index (χ4v) is 3.15. The van der Waals surface area contributed by atoms with Crippen LogP contribution in [0.1, 0.15) is 0 Å². The fraction of sp³-hybridized carbons (Fsp3) is 0. The highest BCUT2D eigenvalue weighted by molar-refractivity contribution is 5.58. The van der Waals surface area contributed by atoms with Crippen LogP contribution >= 0.6 is 0 Å². The normalized spacial score (nSPS) is 11.0. The van der Waals surface area contributed by atoms with Crippen molar-refractivity contribution in [1.29, 1.82) is 0 Å². The molecule has 6 aromatic rings. The fourth-order valence-electron chi connectivity index (χ4n) is 3.15. The molecule has 0 saturated carbocycles. The van der Waals surface area contributed by atoms with Gasteiger partial charge in [0.2, 0.25) is 11.8 Å². The Morgan fingerprint density at radius 2 is 0.909 bits per heavy atom. The molecule has 0 aliphatic rings. The number of furan rings is 2. The van der Waals surface area contributed by atoms with Crippen LogP contribution in [0.15, 0.2) is 103 Å². The third-order valence-electron chi connectivity index (χ3n) is 4.75. The second-order valence-corrected chi connectivity index (χ2v) is 6.93. The van der Waals surface area contributed by atoms with Gasteiger partial charge in [0, 0.05) is 11.1 Å². The first-order valence-electron chi connectivity index (χ1n) is 9.95. The van der Waals surface area contributed by atoms with Gasteiger partial charge in [-0.2, -0.15) is 0 Å². The first-order chi connectivity index (χ1) is 16.3. The molecule has 0 aliphatic heterocycles. The van der Waals surface area contributed by atoms with E-state index in [1.54, 1.807) is 36.8 Å². The average molecular weight is 438 g/mol. The second kappa shape index (κ2) is 7.97. The molecular formula is C24H14N4O5. The van der Waals surface area contributed by atoms with Gasteiger partial charge in [-0.25, -0.2) is 0 Å². The van der Waals surface area contributed by atoms with Crippen molar-refractivity contribution in [2.24, 2.45) is 0 Å². The van der Waals surface area contributed by atoms with Crippen LogP contribution in [-0.4, -0.2) is 20.4 Å². The third-order valence-corrected chi connectivity index (χ3v) is 4.75. The summed E-state index contributed by atoms with van der Waals surface area (Å²) in [5.74, 6) is 3.81. The molecular weight excluding hydrogens is 424 g/mol. The summed E-state index contributed by atoms with van der Waals surface area (Å²) >= 11 is 0. The molecule has 9 heteroatoms. The van der Waals surface area contributed by atoms with Crippen molar-refractivity contribution >= 4 is 0 Å². The molecule has 0 spiro atoms. The zero-order valence-corrected chi connectivity index (χ0v) is 16.9. The van der Waals surface area contributed by atoms with Crippen LogP contribution in [0.4, 0.5) is 0 Å². The predicted octanol–water partition coefficient (Wildman–Crippen LogP) is 6.10. The summed E-state index contributed by atoms with van der Waals surface area (Å²) in [7, 11) is 0. The lowest BCUT2D eigenvalue weighted by atomic mass is 10.2. The first kappa shape index (κ1) is 18.8. The van der Waals surface area contributed by atoms with Crippen LogP contribution in [0, 0.1) is 0 Å².